The van der Waals surface area contributed by atoms with Crippen LogP contribution in [0.25, 0.3) is 0 Å². The minimum absolute atomic E-state index is 0.0275. The largest absolute Gasteiger partial charge is 0.507 e. The fourth-order valence-corrected chi connectivity index (χ4v) is 3.27. The Bertz CT molecular complexity index is 500. The minimum atomic E-state index is -0.0275. The van der Waals surface area contributed by atoms with Crippen molar-refractivity contribution in [2.75, 3.05) is 13.1 Å². The van der Waals surface area contributed by atoms with Gasteiger partial charge in [0, 0.05) is 12.1 Å². The number of hydrogen-bond donors (Lipinski definition) is 1. The Morgan fingerprint density at radius 3 is 1.86 bits per heavy atom. The summed E-state index contributed by atoms with van der Waals surface area (Å²) in [7, 11) is 0. The molecule has 0 amide bonds. The number of phenols is 1. The van der Waals surface area contributed by atoms with E-state index in [-0.39, 0.29) is 10.8 Å². The van der Waals surface area contributed by atoms with E-state index in [4.69, 9.17) is 0 Å². The summed E-state index contributed by atoms with van der Waals surface area (Å²) >= 11 is 0. The third-order valence-corrected chi connectivity index (χ3v) is 4.48. The van der Waals surface area contributed by atoms with Crippen LogP contribution in [0.3, 0.4) is 0 Å². The van der Waals surface area contributed by atoms with Gasteiger partial charge in [-0.15, -0.1) is 0 Å². The lowest BCUT2D eigenvalue weighted by atomic mass is 9.78. The zero-order chi connectivity index (χ0) is 15.8. The maximum Gasteiger partial charge on any atom is 0.124 e. The number of aromatic hydroxyl groups is 1. The molecular formula is C19H31NO. The number of likely N-dealkylation sites (tertiary alicyclic amines) is 1. The Kier molecular flexibility index (Phi) is 4.39. The summed E-state index contributed by atoms with van der Waals surface area (Å²) in [4.78, 5) is 2.47. The highest BCUT2D eigenvalue weighted by Crippen LogP contribution is 2.39. The maximum absolute atomic E-state index is 10.9. The Labute approximate surface area is 130 Å². The lowest BCUT2D eigenvalue weighted by Gasteiger charge is -2.30. The lowest BCUT2D eigenvalue weighted by molar-refractivity contribution is 0.318. The molecule has 0 unspecified atom stereocenters. The molecule has 1 saturated heterocycles. The number of benzene rings is 1. The van der Waals surface area contributed by atoms with E-state index < -0.39 is 0 Å². The lowest BCUT2D eigenvalue weighted by Crippen LogP contribution is -2.24. The highest BCUT2D eigenvalue weighted by molar-refractivity contribution is 5.50. The van der Waals surface area contributed by atoms with Crippen LogP contribution in [0.15, 0.2) is 12.1 Å². The van der Waals surface area contributed by atoms with Crippen molar-refractivity contribution in [2.24, 2.45) is 0 Å². The molecule has 1 aromatic carbocycles. The summed E-state index contributed by atoms with van der Waals surface area (Å²) in [6, 6.07) is 4.34. The summed E-state index contributed by atoms with van der Waals surface area (Å²) in [6.07, 6.45) is 2.56. The van der Waals surface area contributed by atoms with Gasteiger partial charge in [0.05, 0.1) is 0 Å². The molecule has 1 fully saturated rings. The molecule has 1 aromatic rings. The molecule has 0 spiro atoms. The molecule has 1 aliphatic heterocycles. The minimum Gasteiger partial charge on any atom is -0.507 e. The summed E-state index contributed by atoms with van der Waals surface area (Å²) in [5, 5.41) is 10.9. The van der Waals surface area contributed by atoms with Gasteiger partial charge in [-0.2, -0.15) is 0 Å². The number of nitrogens with zero attached hydrogens (tertiary/aromatic N) is 1. The smallest absolute Gasteiger partial charge is 0.124 e. The van der Waals surface area contributed by atoms with Gasteiger partial charge in [-0.25, -0.2) is 0 Å². The van der Waals surface area contributed by atoms with Crippen molar-refractivity contribution in [3.05, 3.63) is 28.8 Å². The Morgan fingerprint density at radius 1 is 0.905 bits per heavy atom. The van der Waals surface area contributed by atoms with E-state index in [0.717, 1.165) is 30.8 Å². The normalized spacial score (nSPS) is 17.4. The Balaban J connectivity index is 2.49. The first-order chi connectivity index (χ1) is 9.60. The maximum atomic E-state index is 10.9. The predicted molar refractivity (Wildman–Crippen MR) is 90.0 cm³/mol. The number of phenolic OH excluding ortho intramolecular Hbond substituents is 1. The second-order valence-corrected chi connectivity index (χ2v) is 8.47. The first-order valence-electron chi connectivity index (χ1n) is 8.19. The van der Waals surface area contributed by atoms with Crippen LogP contribution in [-0.4, -0.2) is 23.1 Å². The average Bonchev–Trinajstić information content (AvgIpc) is 2.81. The van der Waals surface area contributed by atoms with E-state index in [2.05, 4.69) is 58.6 Å². The van der Waals surface area contributed by atoms with Crippen molar-refractivity contribution in [1.29, 1.82) is 0 Å². The van der Waals surface area contributed by atoms with Crippen molar-refractivity contribution >= 4 is 0 Å². The van der Waals surface area contributed by atoms with Crippen LogP contribution < -0.4 is 0 Å². The van der Waals surface area contributed by atoms with E-state index in [1.807, 2.05) is 0 Å². The summed E-state index contributed by atoms with van der Waals surface area (Å²) in [5.41, 5.74) is 3.50. The van der Waals surface area contributed by atoms with Crippen LogP contribution in [0.2, 0.25) is 0 Å². The molecule has 2 nitrogen and oxygen atoms in total. The fraction of sp³-hybridized carbons (Fsp3) is 0.684. The van der Waals surface area contributed by atoms with Gasteiger partial charge in [-0.3, -0.25) is 4.90 Å². The SMILES string of the molecule is CC(C)(C)c1ccc(C(C)(C)C)c(CN2CCCC2)c1O. The van der Waals surface area contributed by atoms with Crippen molar-refractivity contribution in [3.8, 4) is 5.75 Å². The van der Waals surface area contributed by atoms with Crippen molar-refractivity contribution < 1.29 is 5.11 Å². The van der Waals surface area contributed by atoms with E-state index in [1.54, 1.807) is 0 Å². The monoisotopic (exact) mass is 289 g/mol. The van der Waals surface area contributed by atoms with Gasteiger partial charge in [-0.05, 0) is 47.9 Å². The van der Waals surface area contributed by atoms with Crippen LogP contribution in [0.5, 0.6) is 5.75 Å². The number of hydrogen-bond acceptors (Lipinski definition) is 2. The highest BCUT2D eigenvalue weighted by Gasteiger charge is 2.27. The van der Waals surface area contributed by atoms with Gasteiger partial charge in [0.2, 0.25) is 0 Å². The first-order valence-corrected chi connectivity index (χ1v) is 8.19. The average molecular weight is 289 g/mol. The Hall–Kier alpha value is -1.02. The van der Waals surface area contributed by atoms with Gasteiger partial charge >= 0.3 is 0 Å². The molecule has 0 radical (unpaired) electrons. The van der Waals surface area contributed by atoms with Crippen LogP contribution in [-0.2, 0) is 17.4 Å². The standard InChI is InChI=1S/C19H31NO/c1-18(2,3)15-9-10-16(19(4,5)6)17(21)14(15)13-20-11-7-8-12-20/h9-10,21H,7-8,11-13H2,1-6H3. The quantitative estimate of drug-likeness (QED) is 0.861. The van der Waals surface area contributed by atoms with E-state index in [9.17, 15) is 5.11 Å². The number of rotatable bonds is 2. The molecule has 0 atom stereocenters. The zero-order valence-electron chi connectivity index (χ0n) is 14.6. The van der Waals surface area contributed by atoms with Gasteiger partial charge < -0.3 is 5.11 Å². The van der Waals surface area contributed by atoms with Crippen molar-refractivity contribution in [3.63, 3.8) is 0 Å². The predicted octanol–water partition coefficient (Wildman–Crippen LogP) is 4.58. The molecule has 2 rings (SSSR count). The Morgan fingerprint density at radius 2 is 1.38 bits per heavy atom. The molecule has 1 aliphatic rings. The first kappa shape index (κ1) is 16.4. The summed E-state index contributed by atoms with van der Waals surface area (Å²) < 4.78 is 0. The van der Waals surface area contributed by atoms with E-state index in [1.165, 1.54) is 18.4 Å². The third-order valence-electron chi connectivity index (χ3n) is 4.48. The molecule has 0 aromatic heterocycles. The fourth-order valence-electron chi connectivity index (χ4n) is 3.27. The third kappa shape index (κ3) is 3.60. The topological polar surface area (TPSA) is 23.5 Å². The van der Waals surface area contributed by atoms with E-state index in [0.29, 0.717) is 5.75 Å². The second kappa shape index (κ2) is 5.64. The molecular weight excluding hydrogens is 258 g/mol. The van der Waals surface area contributed by atoms with Crippen LogP contribution in [0.1, 0.15) is 71.1 Å². The molecule has 0 saturated carbocycles. The van der Waals surface area contributed by atoms with Gasteiger partial charge in [0.15, 0.2) is 0 Å². The van der Waals surface area contributed by atoms with Crippen molar-refractivity contribution in [2.45, 2.75) is 71.8 Å². The molecule has 0 bridgehead atoms. The van der Waals surface area contributed by atoms with Gasteiger partial charge in [0.1, 0.15) is 5.75 Å². The van der Waals surface area contributed by atoms with Crippen LogP contribution in [0.4, 0.5) is 0 Å². The van der Waals surface area contributed by atoms with Crippen LogP contribution in [0, 0.1) is 0 Å². The van der Waals surface area contributed by atoms with Crippen molar-refractivity contribution in [1.82, 2.24) is 4.90 Å². The molecule has 21 heavy (non-hydrogen) atoms. The highest BCUT2D eigenvalue weighted by atomic mass is 16.3. The summed E-state index contributed by atoms with van der Waals surface area (Å²) in [6.45, 7) is 16.4. The molecule has 1 heterocycles. The zero-order valence-corrected chi connectivity index (χ0v) is 14.6. The summed E-state index contributed by atoms with van der Waals surface area (Å²) in [5.74, 6) is 0.516. The van der Waals surface area contributed by atoms with Crippen LogP contribution >= 0.6 is 0 Å². The second-order valence-electron chi connectivity index (χ2n) is 8.47. The molecule has 1 N–H and O–H groups in total. The van der Waals surface area contributed by atoms with E-state index >= 15 is 0 Å². The molecule has 2 heteroatoms. The molecule has 118 valence electrons. The molecule has 0 aliphatic carbocycles. The van der Waals surface area contributed by atoms with Gasteiger partial charge in [0.25, 0.3) is 0 Å². The van der Waals surface area contributed by atoms with Gasteiger partial charge in [-0.1, -0.05) is 53.7 Å².